The average Bonchev–Trinajstić information content (AvgIpc) is 2.52. The van der Waals surface area contributed by atoms with Crippen LogP contribution in [0.2, 0.25) is 0 Å². The van der Waals surface area contributed by atoms with Gasteiger partial charge in [-0.2, -0.15) is 0 Å². The Labute approximate surface area is 124 Å². The molecule has 2 aliphatic rings. The highest BCUT2D eigenvalue weighted by atomic mass is 16.2. The van der Waals surface area contributed by atoms with Gasteiger partial charge in [0, 0.05) is 24.4 Å². The molecule has 1 aliphatic heterocycles. The minimum Gasteiger partial charge on any atom is -0.350 e. The van der Waals surface area contributed by atoms with Crippen molar-refractivity contribution >= 4 is 11.8 Å². The van der Waals surface area contributed by atoms with E-state index in [1.165, 1.54) is 0 Å². The number of aryl methyl sites for hydroxylation is 1. The van der Waals surface area contributed by atoms with E-state index in [9.17, 15) is 9.59 Å². The average molecular weight is 287 g/mol. The number of carbonyl (C=O) groups excluding carboxylic acids is 2. The van der Waals surface area contributed by atoms with E-state index in [0.29, 0.717) is 12.8 Å². The van der Waals surface area contributed by atoms with E-state index in [2.05, 4.69) is 10.3 Å². The van der Waals surface area contributed by atoms with Gasteiger partial charge in [0.25, 0.3) is 0 Å². The monoisotopic (exact) mass is 287 g/mol. The Morgan fingerprint density at radius 2 is 2.19 bits per heavy atom. The topological polar surface area (TPSA) is 62.3 Å². The van der Waals surface area contributed by atoms with Gasteiger partial charge in [0.1, 0.15) is 0 Å². The summed E-state index contributed by atoms with van der Waals surface area (Å²) in [5.74, 6) is 0.0525. The minimum atomic E-state index is -0.0238. The van der Waals surface area contributed by atoms with Crippen LogP contribution in [0.1, 0.15) is 37.8 Å². The zero-order valence-electron chi connectivity index (χ0n) is 12.1. The number of piperazine rings is 1. The number of fused-ring (bicyclic) bond motifs is 1. The van der Waals surface area contributed by atoms with Crippen LogP contribution < -0.4 is 5.32 Å². The van der Waals surface area contributed by atoms with Crippen LogP contribution in [0.5, 0.6) is 0 Å². The summed E-state index contributed by atoms with van der Waals surface area (Å²) in [4.78, 5) is 30.3. The third-order valence-corrected chi connectivity index (χ3v) is 4.43. The van der Waals surface area contributed by atoms with Crippen LogP contribution in [0, 0.1) is 0 Å². The lowest BCUT2D eigenvalue weighted by molar-refractivity contribution is -0.144. The maximum atomic E-state index is 12.5. The first-order valence-corrected chi connectivity index (χ1v) is 7.73. The molecule has 0 bridgehead atoms. The van der Waals surface area contributed by atoms with Crippen molar-refractivity contribution in [1.82, 2.24) is 15.2 Å². The summed E-state index contributed by atoms with van der Waals surface area (Å²) in [6.07, 6.45) is 7.06. The predicted molar refractivity (Wildman–Crippen MR) is 78.5 cm³/mol. The van der Waals surface area contributed by atoms with Crippen molar-refractivity contribution in [1.29, 1.82) is 0 Å². The molecule has 1 aliphatic carbocycles. The van der Waals surface area contributed by atoms with Crippen LogP contribution in [0.25, 0.3) is 0 Å². The van der Waals surface area contributed by atoms with Gasteiger partial charge in [-0.1, -0.05) is 18.9 Å². The smallest absolute Gasteiger partial charge is 0.239 e. The van der Waals surface area contributed by atoms with Gasteiger partial charge in [0.15, 0.2) is 0 Å². The quantitative estimate of drug-likeness (QED) is 0.911. The number of rotatable bonds is 3. The van der Waals surface area contributed by atoms with Gasteiger partial charge in [-0.25, -0.2) is 0 Å². The fourth-order valence-corrected chi connectivity index (χ4v) is 3.37. The predicted octanol–water partition coefficient (Wildman–Crippen LogP) is 1.28. The molecule has 1 N–H and O–H groups in total. The van der Waals surface area contributed by atoms with Crippen molar-refractivity contribution in [2.24, 2.45) is 0 Å². The first-order valence-electron chi connectivity index (χ1n) is 7.73. The Morgan fingerprint density at radius 3 is 3.00 bits per heavy atom. The summed E-state index contributed by atoms with van der Waals surface area (Å²) < 4.78 is 0. The van der Waals surface area contributed by atoms with Crippen molar-refractivity contribution in [3.8, 4) is 0 Å². The fraction of sp³-hybridized carbons (Fsp3) is 0.562. The molecule has 21 heavy (non-hydrogen) atoms. The molecule has 2 amide bonds. The first kappa shape index (κ1) is 14.0. The van der Waals surface area contributed by atoms with E-state index >= 15 is 0 Å². The van der Waals surface area contributed by atoms with Gasteiger partial charge < -0.3 is 10.2 Å². The second-order valence-electron chi connectivity index (χ2n) is 5.87. The van der Waals surface area contributed by atoms with E-state index in [1.54, 1.807) is 11.1 Å². The standard InChI is InChI=1S/C16H21N3O2/c20-15-11-19(14-7-2-1-6-13(14)18-15)16(21)9-8-12-5-3-4-10-17-12/h3-5,10,13-14H,1-2,6-9,11H2,(H,18,20)/t13-,14+/m1/s1. The Morgan fingerprint density at radius 1 is 1.33 bits per heavy atom. The number of hydrogen-bond acceptors (Lipinski definition) is 3. The molecule has 1 saturated heterocycles. The molecular formula is C16H21N3O2. The van der Waals surface area contributed by atoms with Gasteiger partial charge in [0.05, 0.1) is 12.6 Å². The van der Waals surface area contributed by atoms with Crippen molar-refractivity contribution in [3.05, 3.63) is 30.1 Å². The van der Waals surface area contributed by atoms with Gasteiger partial charge in [0.2, 0.25) is 11.8 Å². The fourth-order valence-electron chi connectivity index (χ4n) is 3.37. The third kappa shape index (κ3) is 3.23. The lowest BCUT2D eigenvalue weighted by Crippen LogP contribution is -2.62. The number of aromatic nitrogens is 1. The Balaban J connectivity index is 1.63. The van der Waals surface area contributed by atoms with Gasteiger partial charge in [-0.3, -0.25) is 14.6 Å². The van der Waals surface area contributed by atoms with Crippen molar-refractivity contribution in [3.63, 3.8) is 0 Å². The second kappa shape index (κ2) is 6.24. The van der Waals surface area contributed by atoms with E-state index < -0.39 is 0 Å². The number of nitrogens with one attached hydrogen (secondary N) is 1. The maximum Gasteiger partial charge on any atom is 0.239 e. The summed E-state index contributed by atoms with van der Waals surface area (Å²) in [5.41, 5.74) is 0.924. The van der Waals surface area contributed by atoms with E-state index in [4.69, 9.17) is 0 Å². The number of amides is 2. The molecule has 0 aromatic carbocycles. The molecule has 1 saturated carbocycles. The van der Waals surface area contributed by atoms with Crippen molar-refractivity contribution < 1.29 is 9.59 Å². The second-order valence-corrected chi connectivity index (χ2v) is 5.87. The van der Waals surface area contributed by atoms with E-state index in [1.807, 2.05) is 18.2 Å². The zero-order valence-corrected chi connectivity index (χ0v) is 12.1. The van der Waals surface area contributed by atoms with Gasteiger partial charge >= 0.3 is 0 Å². The van der Waals surface area contributed by atoms with Crippen molar-refractivity contribution in [2.75, 3.05) is 6.54 Å². The lowest BCUT2D eigenvalue weighted by Gasteiger charge is -2.44. The molecule has 2 atom stereocenters. The third-order valence-electron chi connectivity index (χ3n) is 4.43. The van der Waals surface area contributed by atoms with Crippen LogP contribution in [0.15, 0.2) is 24.4 Å². The van der Waals surface area contributed by atoms with Crippen LogP contribution >= 0.6 is 0 Å². The Hall–Kier alpha value is -1.91. The van der Waals surface area contributed by atoms with Crippen LogP contribution in [-0.4, -0.2) is 40.3 Å². The summed E-state index contributed by atoms with van der Waals surface area (Å²) in [7, 11) is 0. The SMILES string of the molecule is O=C1CN(C(=O)CCc2ccccn2)[C@H]2CCCC[C@H]2N1. The lowest BCUT2D eigenvalue weighted by atomic mass is 9.87. The largest absolute Gasteiger partial charge is 0.350 e. The maximum absolute atomic E-state index is 12.5. The van der Waals surface area contributed by atoms with Gasteiger partial charge in [-0.05, 0) is 31.4 Å². The van der Waals surface area contributed by atoms with E-state index in [0.717, 1.165) is 31.4 Å². The molecule has 5 heteroatoms. The Bertz CT molecular complexity index is 518. The molecule has 2 fully saturated rings. The molecule has 5 nitrogen and oxygen atoms in total. The Kier molecular flexibility index (Phi) is 4.18. The summed E-state index contributed by atoms with van der Waals surface area (Å²) in [6.45, 7) is 0.211. The minimum absolute atomic E-state index is 0.0238. The molecule has 1 aromatic heterocycles. The molecule has 1 aromatic rings. The van der Waals surface area contributed by atoms with Gasteiger partial charge in [-0.15, -0.1) is 0 Å². The molecule has 0 radical (unpaired) electrons. The summed E-state index contributed by atoms with van der Waals surface area (Å²) in [6, 6.07) is 6.07. The molecule has 0 spiro atoms. The zero-order chi connectivity index (χ0) is 14.7. The van der Waals surface area contributed by atoms with Crippen LogP contribution in [-0.2, 0) is 16.0 Å². The van der Waals surface area contributed by atoms with E-state index in [-0.39, 0.29) is 30.4 Å². The van der Waals surface area contributed by atoms with Crippen molar-refractivity contribution in [2.45, 2.75) is 50.6 Å². The molecule has 0 unspecified atom stereocenters. The summed E-state index contributed by atoms with van der Waals surface area (Å²) >= 11 is 0. The molecular weight excluding hydrogens is 266 g/mol. The highest BCUT2D eigenvalue weighted by Crippen LogP contribution is 2.26. The number of carbonyl (C=O) groups is 2. The van der Waals surface area contributed by atoms with Crippen LogP contribution in [0.3, 0.4) is 0 Å². The van der Waals surface area contributed by atoms with Crippen LogP contribution in [0.4, 0.5) is 0 Å². The molecule has 2 heterocycles. The first-order chi connectivity index (χ1) is 10.2. The highest BCUT2D eigenvalue weighted by molar-refractivity contribution is 5.86. The molecule has 112 valence electrons. The normalized spacial score (nSPS) is 25.1. The highest BCUT2D eigenvalue weighted by Gasteiger charge is 2.38. The molecule has 3 rings (SSSR count). The number of hydrogen-bond donors (Lipinski definition) is 1. The number of nitrogens with zero attached hydrogens (tertiary/aromatic N) is 2. The number of pyridine rings is 1. The summed E-state index contributed by atoms with van der Waals surface area (Å²) in [5, 5.41) is 3.03.